The molecule has 1 N–H and O–H groups in total. The number of nitrogens with one attached hydrogen (secondary N) is 1. The molecule has 0 bridgehead atoms. The van der Waals surface area contributed by atoms with E-state index in [1.807, 2.05) is 6.92 Å². The molecule has 6 heteroatoms. The minimum Gasteiger partial charge on any atom is -0.355 e. The standard InChI is InChI=1S/C11H13NO4S/c1-3-10(13)11(12)16-17(14,15)9-6-4-8(2)5-7-9/h4-7,12H,3H2,1-2H3. The summed E-state index contributed by atoms with van der Waals surface area (Å²) in [5.74, 6) is -1.51. The van der Waals surface area contributed by atoms with E-state index < -0.39 is 21.8 Å². The number of aryl methyl sites for hydroxylation is 1. The summed E-state index contributed by atoms with van der Waals surface area (Å²) in [4.78, 5) is 11.0. The van der Waals surface area contributed by atoms with Crippen LogP contribution in [-0.2, 0) is 19.1 Å². The van der Waals surface area contributed by atoms with Gasteiger partial charge in [0.05, 0.1) is 0 Å². The van der Waals surface area contributed by atoms with Gasteiger partial charge < -0.3 is 4.18 Å². The van der Waals surface area contributed by atoms with Gasteiger partial charge in [-0.3, -0.25) is 10.2 Å². The SMILES string of the molecule is CCC(=O)C(=N)OS(=O)(=O)c1ccc(C)cc1. The third kappa shape index (κ3) is 3.39. The second-order valence-electron chi connectivity index (χ2n) is 3.46. The normalized spacial score (nSPS) is 10.9. The number of benzene rings is 1. The Morgan fingerprint density at radius 3 is 2.29 bits per heavy atom. The summed E-state index contributed by atoms with van der Waals surface area (Å²) in [5.41, 5.74) is 0.906. The summed E-state index contributed by atoms with van der Waals surface area (Å²) in [7, 11) is -4.08. The van der Waals surface area contributed by atoms with Crippen LogP contribution in [0.4, 0.5) is 0 Å². The Hall–Kier alpha value is -1.69. The maximum absolute atomic E-state index is 11.7. The Morgan fingerprint density at radius 2 is 1.82 bits per heavy atom. The Bertz CT molecular complexity index is 531. The van der Waals surface area contributed by atoms with E-state index in [0.29, 0.717) is 0 Å². The summed E-state index contributed by atoms with van der Waals surface area (Å²) in [6, 6.07) is 5.96. The highest BCUT2D eigenvalue weighted by atomic mass is 32.2. The van der Waals surface area contributed by atoms with E-state index >= 15 is 0 Å². The highest BCUT2D eigenvalue weighted by molar-refractivity contribution is 7.87. The van der Waals surface area contributed by atoms with Gasteiger partial charge in [0.2, 0.25) is 5.78 Å². The van der Waals surface area contributed by atoms with Gasteiger partial charge in [0.1, 0.15) is 4.90 Å². The van der Waals surface area contributed by atoms with Crippen molar-refractivity contribution >= 4 is 21.8 Å². The molecule has 0 heterocycles. The lowest BCUT2D eigenvalue weighted by Gasteiger charge is -2.06. The minimum atomic E-state index is -4.08. The maximum Gasteiger partial charge on any atom is 0.340 e. The van der Waals surface area contributed by atoms with Crippen LogP contribution in [0.1, 0.15) is 18.9 Å². The van der Waals surface area contributed by atoms with Crippen molar-refractivity contribution in [1.29, 1.82) is 5.41 Å². The fraction of sp³-hybridized carbons (Fsp3) is 0.273. The zero-order valence-electron chi connectivity index (χ0n) is 9.56. The van der Waals surface area contributed by atoms with E-state index in [9.17, 15) is 13.2 Å². The van der Waals surface area contributed by atoms with Crippen LogP contribution in [0.2, 0.25) is 0 Å². The van der Waals surface area contributed by atoms with Crippen LogP contribution in [0, 0.1) is 12.3 Å². The molecule has 0 unspecified atom stereocenters. The van der Waals surface area contributed by atoms with E-state index in [-0.39, 0.29) is 11.3 Å². The molecule has 0 aliphatic carbocycles. The third-order valence-electron chi connectivity index (χ3n) is 2.08. The molecule has 0 amide bonds. The van der Waals surface area contributed by atoms with Crippen molar-refractivity contribution in [3.05, 3.63) is 29.8 Å². The van der Waals surface area contributed by atoms with Crippen LogP contribution in [0.5, 0.6) is 0 Å². The van der Waals surface area contributed by atoms with Crippen LogP contribution >= 0.6 is 0 Å². The third-order valence-corrected chi connectivity index (χ3v) is 3.31. The first kappa shape index (κ1) is 13.4. The van der Waals surface area contributed by atoms with Crippen LogP contribution in [-0.4, -0.2) is 20.1 Å². The van der Waals surface area contributed by atoms with Crippen molar-refractivity contribution in [2.45, 2.75) is 25.2 Å². The number of carbonyl (C=O) groups is 1. The van der Waals surface area contributed by atoms with E-state index in [1.165, 1.54) is 19.1 Å². The van der Waals surface area contributed by atoms with Gasteiger partial charge in [-0.05, 0) is 19.1 Å². The maximum atomic E-state index is 11.7. The fourth-order valence-corrected chi connectivity index (χ4v) is 1.95. The fourth-order valence-electron chi connectivity index (χ4n) is 1.07. The Morgan fingerprint density at radius 1 is 1.29 bits per heavy atom. The lowest BCUT2D eigenvalue weighted by Crippen LogP contribution is -2.20. The first-order chi connectivity index (χ1) is 7.86. The van der Waals surface area contributed by atoms with Crippen LogP contribution in [0.25, 0.3) is 0 Å². The summed E-state index contributed by atoms with van der Waals surface area (Å²) >= 11 is 0. The van der Waals surface area contributed by atoms with E-state index in [4.69, 9.17) is 5.41 Å². The van der Waals surface area contributed by atoms with Gasteiger partial charge in [0.25, 0.3) is 5.90 Å². The second-order valence-corrected chi connectivity index (χ2v) is 5.00. The number of carbonyl (C=O) groups excluding carboxylic acids is 1. The molecule has 0 aliphatic heterocycles. The number of hydrogen-bond donors (Lipinski definition) is 1. The van der Waals surface area contributed by atoms with Crippen molar-refractivity contribution in [1.82, 2.24) is 0 Å². The summed E-state index contributed by atoms with van der Waals surface area (Å²) in [5, 5.41) is 7.19. The van der Waals surface area contributed by atoms with Gasteiger partial charge in [-0.15, -0.1) is 0 Å². The van der Waals surface area contributed by atoms with Crippen molar-refractivity contribution in [2.24, 2.45) is 0 Å². The first-order valence-electron chi connectivity index (χ1n) is 4.99. The smallest absolute Gasteiger partial charge is 0.340 e. The molecule has 0 saturated heterocycles. The minimum absolute atomic E-state index is 0.0300. The Labute approximate surface area is 100 Å². The van der Waals surface area contributed by atoms with Gasteiger partial charge in [-0.1, -0.05) is 24.6 Å². The predicted molar refractivity (Wildman–Crippen MR) is 62.5 cm³/mol. The summed E-state index contributed by atoms with van der Waals surface area (Å²) < 4.78 is 27.7. The highest BCUT2D eigenvalue weighted by Gasteiger charge is 2.21. The van der Waals surface area contributed by atoms with Crippen molar-refractivity contribution in [3.8, 4) is 0 Å². The average molecular weight is 255 g/mol. The van der Waals surface area contributed by atoms with Crippen molar-refractivity contribution < 1.29 is 17.4 Å². The molecule has 0 atom stereocenters. The van der Waals surface area contributed by atoms with Gasteiger partial charge in [-0.2, -0.15) is 8.42 Å². The van der Waals surface area contributed by atoms with E-state index in [1.54, 1.807) is 12.1 Å². The van der Waals surface area contributed by atoms with Gasteiger partial charge in [0.15, 0.2) is 0 Å². The quantitative estimate of drug-likeness (QED) is 0.503. The lowest BCUT2D eigenvalue weighted by molar-refractivity contribution is -0.113. The highest BCUT2D eigenvalue weighted by Crippen LogP contribution is 2.13. The largest absolute Gasteiger partial charge is 0.355 e. The molecule has 5 nitrogen and oxygen atoms in total. The molecule has 1 aromatic rings. The molecule has 0 radical (unpaired) electrons. The number of ketones is 1. The molecule has 0 aliphatic rings. The van der Waals surface area contributed by atoms with Crippen LogP contribution in [0.15, 0.2) is 29.2 Å². The average Bonchev–Trinajstić information content (AvgIpc) is 2.27. The number of rotatable bonds is 4. The lowest BCUT2D eigenvalue weighted by atomic mass is 10.2. The molecule has 17 heavy (non-hydrogen) atoms. The van der Waals surface area contributed by atoms with E-state index in [0.717, 1.165) is 5.56 Å². The molecule has 1 rings (SSSR count). The zero-order chi connectivity index (χ0) is 13.1. The van der Waals surface area contributed by atoms with Gasteiger partial charge in [-0.25, -0.2) is 0 Å². The van der Waals surface area contributed by atoms with E-state index in [2.05, 4.69) is 4.18 Å². The molecular weight excluding hydrogens is 242 g/mol. The number of hydrogen-bond acceptors (Lipinski definition) is 5. The van der Waals surface area contributed by atoms with Crippen molar-refractivity contribution in [2.75, 3.05) is 0 Å². The molecule has 0 saturated carbocycles. The van der Waals surface area contributed by atoms with Crippen LogP contribution in [0.3, 0.4) is 0 Å². The molecule has 0 fully saturated rings. The molecule has 0 spiro atoms. The molecular formula is C11H13NO4S. The Balaban J connectivity index is 2.93. The topological polar surface area (TPSA) is 84.3 Å². The first-order valence-corrected chi connectivity index (χ1v) is 6.40. The molecule has 0 aromatic heterocycles. The number of Topliss-reactive ketones (excluding diaryl/α,β-unsaturated/α-hetero) is 1. The second kappa shape index (κ2) is 5.09. The summed E-state index contributed by atoms with van der Waals surface area (Å²) in [6.07, 6.45) is 0.0300. The predicted octanol–water partition coefficient (Wildman–Crippen LogP) is 1.66. The monoisotopic (exact) mass is 255 g/mol. The van der Waals surface area contributed by atoms with Crippen LogP contribution < -0.4 is 0 Å². The van der Waals surface area contributed by atoms with Crippen molar-refractivity contribution in [3.63, 3.8) is 0 Å². The molecule has 92 valence electrons. The molecule has 1 aromatic carbocycles. The Kier molecular flexibility index (Phi) is 4.01. The van der Waals surface area contributed by atoms with Gasteiger partial charge in [0, 0.05) is 6.42 Å². The summed E-state index contributed by atoms with van der Waals surface area (Å²) in [6.45, 7) is 3.35. The zero-order valence-corrected chi connectivity index (χ0v) is 10.4. The van der Waals surface area contributed by atoms with Gasteiger partial charge >= 0.3 is 10.1 Å².